The number of carbonyl (C=O) groups excluding carboxylic acids is 2. The minimum atomic E-state index is -1.04. The zero-order chi connectivity index (χ0) is 31.5. The first-order valence-electron chi connectivity index (χ1n) is 14.8. The molecule has 0 radical (unpaired) electrons. The van der Waals surface area contributed by atoms with Crippen LogP contribution < -0.4 is 14.8 Å². The van der Waals surface area contributed by atoms with Gasteiger partial charge in [0.2, 0.25) is 5.91 Å². The Morgan fingerprint density at radius 3 is 2.24 bits per heavy atom. The number of ether oxygens (including phenoxy) is 3. The number of amides is 1. The van der Waals surface area contributed by atoms with Crippen molar-refractivity contribution >= 4 is 23.5 Å². The third-order valence-electron chi connectivity index (χ3n) is 7.49. The molecule has 42 heavy (non-hydrogen) atoms. The fraction of sp³-hybridized carbons (Fsp3) is 0.559. The molecule has 2 aromatic carbocycles. The number of rotatable bonds is 16. The number of anilines is 1. The molecule has 1 unspecified atom stereocenters. The lowest BCUT2D eigenvalue weighted by Crippen LogP contribution is -2.27. The molecule has 2 N–H and O–H groups in total. The third kappa shape index (κ3) is 10.4. The molecule has 0 aromatic heterocycles. The van der Waals surface area contributed by atoms with E-state index in [2.05, 4.69) is 33.0 Å². The molecule has 0 saturated heterocycles. The van der Waals surface area contributed by atoms with Crippen molar-refractivity contribution in [2.45, 2.75) is 103 Å². The van der Waals surface area contributed by atoms with Gasteiger partial charge in [-0.2, -0.15) is 0 Å². The van der Waals surface area contributed by atoms with E-state index in [0.29, 0.717) is 17.9 Å². The van der Waals surface area contributed by atoms with E-state index in [1.165, 1.54) is 0 Å². The fourth-order valence-electron chi connectivity index (χ4n) is 4.94. The second-order valence-electron chi connectivity index (χ2n) is 12.5. The zero-order valence-electron chi connectivity index (χ0n) is 26.6. The number of benzene rings is 2. The number of esters is 1. The highest BCUT2D eigenvalue weighted by Gasteiger charge is 2.28. The molecular formula is C34H49NO7. The van der Waals surface area contributed by atoms with E-state index >= 15 is 0 Å². The maximum absolute atomic E-state index is 13.6. The Hall–Kier alpha value is -3.55. The van der Waals surface area contributed by atoms with Crippen molar-refractivity contribution in [3.63, 3.8) is 0 Å². The summed E-state index contributed by atoms with van der Waals surface area (Å²) in [7, 11) is 3.25. The molecule has 0 aliphatic rings. The second-order valence-corrected chi connectivity index (χ2v) is 12.5. The Balaban J connectivity index is 2.33. The van der Waals surface area contributed by atoms with Crippen molar-refractivity contribution in [2.24, 2.45) is 0 Å². The summed E-state index contributed by atoms with van der Waals surface area (Å²) in [5.74, 6) is -0.291. The average Bonchev–Trinajstić information content (AvgIpc) is 2.93. The maximum atomic E-state index is 13.6. The lowest BCUT2D eigenvalue weighted by atomic mass is 9.80. The van der Waals surface area contributed by atoms with E-state index in [4.69, 9.17) is 19.3 Å². The van der Waals surface area contributed by atoms with Crippen molar-refractivity contribution in [2.75, 3.05) is 26.1 Å². The molecule has 0 bridgehead atoms. The van der Waals surface area contributed by atoms with Gasteiger partial charge in [-0.25, -0.2) is 0 Å². The van der Waals surface area contributed by atoms with Gasteiger partial charge in [-0.15, -0.1) is 0 Å². The van der Waals surface area contributed by atoms with Crippen molar-refractivity contribution in [3.8, 4) is 11.5 Å². The monoisotopic (exact) mass is 583 g/mol. The van der Waals surface area contributed by atoms with Gasteiger partial charge < -0.3 is 24.6 Å². The number of nitrogens with one attached hydrogen (secondary N) is 1. The van der Waals surface area contributed by atoms with Crippen molar-refractivity contribution < 1.29 is 33.7 Å². The number of carboxylic acids is 1. The summed E-state index contributed by atoms with van der Waals surface area (Å²) < 4.78 is 16.5. The Bertz CT molecular complexity index is 1210. The minimum Gasteiger partial charge on any atom is -0.497 e. The van der Waals surface area contributed by atoms with Gasteiger partial charge in [0, 0.05) is 23.6 Å². The van der Waals surface area contributed by atoms with Crippen LogP contribution >= 0.6 is 0 Å². The molecule has 0 spiro atoms. The molecule has 1 atom stereocenters. The van der Waals surface area contributed by atoms with Gasteiger partial charge in [0.05, 0.1) is 27.1 Å². The molecule has 1 amide bonds. The fourth-order valence-corrected chi connectivity index (χ4v) is 4.94. The van der Waals surface area contributed by atoms with Gasteiger partial charge in [-0.1, -0.05) is 79.0 Å². The predicted molar refractivity (Wildman–Crippen MR) is 166 cm³/mol. The molecule has 2 rings (SSSR count). The van der Waals surface area contributed by atoms with E-state index in [9.17, 15) is 14.4 Å². The van der Waals surface area contributed by atoms with Gasteiger partial charge in [0.25, 0.3) is 0 Å². The van der Waals surface area contributed by atoms with Crippen LogP contribution in [0.1, 0.15) is 109 Å². The molecular weight excluding hydrogens is 534 g/mol. The van der Waals surface area contributed by atoms with Gasteiger partial charge in [0.1, 0.15) is 18.1 Å². The van der Waals surface area contributed by atoms with Crippen LogP contribution in [-0.4, -0.2) is 43.8 Å². The molecule has 8 heteroatoms. The second kappa shape index (κ2) is 15.6. The van der Waals surface area contributed by atoms with E-state index < -0.39 is 17.4 Å². The number of carbonyl (C=O) groups is 3. The summed E-state index contributed by atoms with van der Waals surface area (Å²) >= 11 is 0. The summed E-state index contributed by atoms with van der Waals surface area (Å²) in [6.07, 6.45) is 3.90. The molecule has 232 valence electrons. The summed E-state index contributed by atoms with van der Waals surface area (Å²) in [4.78, 5) is 36.5. The summed E-state index contributed by atoms with van der Waals surface area (Å²) in [6.45, 7) is 12.5. The standard InChI is InChI=1S/C34H49NO7/c1-9-10-11-12-23(26-15-14-25(40-7)21-29(26)41-8)19-30(36)35-28-20-24(13-16-27(28)33(2,3)4)34(5,6)22-42-32(39)18-17-31(37)38/h13-16,20-21,23H,9-12,17-19,22H2,1-8H3,(H,35,36)(H,37,38). The highest BCUT2D eigenvalue weighted by molar-refractivity contribution is 5.92. The maximum Gasteiger partial charge on any atom is 0.306 e. The quantitative estimate of drug-likeness (QED) is 0.157. The SMILES string of the molecule is CCCCCC(CC(=O)Nc1cc(C(C)(C)COC(=O)CCC(=O)O)ccc1C(C)(C)C)c1ccc(OC)cc1OC. The Labute approximate surface area is 251 Å². The van der Waals surface area contributed by atoms with Crippen LogP contribution in [-0.2, 0) is 30.0 Å². The number of unbranched alkanes of at least 4 members (excludes halogenated alkanes) is 2. The van der Waals surface area contributed by atoms with Crippen LogP contribution in [0.5, 0.6) is 11.5 Å². The average molecular weight is 584 g/mol. The Morgan fingerprint density at radius 1 is 0.929 bits per heavy atom. The number of aliphatic carboxylic acids is 1. The van der Waals surface area contributed by atoms with Crippen LogP contribution in [0.25, 0.3) is 0 Å². The molecule has 0 fully saturated rings. The van der Waals surface area contributed by atoms with Gasteiger partial charge in [-0.05, 0) is 46.6 Å². The molecule has 0 aliphatic heterocycles. The van der Waals surface area contributed by atoms with E-state index in [1.807, 2.05) is 50.2 Å². The van der Waals surface area contributed by atoms with E-state index in [1.54, 1.807) is 14.2 Å². The minimum absolute atomic E-state index is 0.0275. The highest BCUT2D eigenvalue weighted by Crippen LogP contribution is 2.37. The van der Waals surface area contributed by atoms with E-state index in [-0.39, 0.29) is 36.7 Å². The molecule has 0 heterocycles. The van der Waals surface area contributed by atoms with Crippen LogP contribution in [0, 0.1) is 0 Å². The van der Waals surface area contributed by atoms with Crippen molar-refractivity contribution in [1.82, 2.24) is 0 Å². The molecule has 8 nitrogen and oxygen atoms in total. The first-order chi connectivity index (χ1) is 19.7. The molecule has 0 aliphatic carbocycles. The Kier molecular flexibility index (Phi) is 12.9. The van der Waals surface area contributed by atoms with Crippen molar-refractivity contribution in [1.29, 1.82) is 0 Å². The van der Waals surface area contributed by atoms with Crippen LogP contribution in [0.2, 0.25) is 0 Å². The summed E-state index contributed by atoms with van der Waals surface area (Å²) in [5.41, 5.74) is 2.82. The van der Waals surface area contributed by atoms with Crippen LogP contribution in [0.4, 0.5) is 5.69 Å². The molecule has 0 saturated carbocycles. The van der Waals surface area contributed by atoms with Crippen LogP contribution in [0.15, 0.2) is 36.4 Å². The van der Waals surface area contributed by atoms with Crippen molar-refractivity contribution in [3.05, 3.63) is 53.1 Å². The topological polar surface area (TPSA) is 111 Å². The smallest absolute Gasteiger partial charge is 0.306 e. The summed E-state index contributed by atoms with van der Waals surface area (Å²) in [5, 5.41) is 12.0. The van der Waals surface area contributed by atoms with Gasteiger partial charge in [0.15, 0.2) is 0 Å². The number of hydrogen-bond acceptors (Lipinski definition) is 6. The first kappa shape index (κ1) is 34.7. The molecule has 2 aromatic rings. The number of methoxy groups -OCH3 is 2. The predicted octanol–water partition coefficient (Wildman–Crippen LogP) is 7.38. The van der Waals surface area contributed by atoms with Gasteiger partial charge in [-0.3, -0.25) is 14.4 Å². The number of hydrogen-bond donors (Lipinski definition) is 2. The lowest BCUT2D eigenvalue weighted by molar-refractivity contribution is -0.148. The lowest BCUT2D eigenvalue weighted by Gasteiger charge is -2.29. The largest absolute Gasteiger partial charge is 0.497 e. The third-order valence-corrected chi connectivity index (χ3v) is 7.49. The van der Waals surface area contributed by atoms with Crippen LogP contribution in [0.3, 0.4) is 0 Å². The van der Waals surface area contributed by atoms with E-state index in [0.717, 1.165) is 48.1 Å². The first-order valence-corrected chi connectivity index (χ1v) is 14.8. The Morgan fingerprint density at radius 2 is 1.64 bits per heavy atom. The van der Waals surface area contributed by atoms with Gasteiger partial charge >= 0.3 is 11.9 Å². The summed E-state index contributed by atoms with van der Waals surface area (Å²) in [6, 6.07) is 11.7. The zero-order valence-corrected chi connectivity index (χ0v) is 26.6. The normalized spacial score (nSPS) is 12.4. The highest BCUT2D eigenvalue weighted by atomic mass is 16.5. The number of carboxylic acid groups (broad SMARTS) is 1.